The Morgan fingerprint density at radius 2 is 1.90 bits per heavy atom. The molecule has 162 valence electrons. The number of nitrogens with zero attached hydrogens (tertiary/aromatic N) is 1. The molecular weight excluding hydrogens is 410 g/mol. The molecule has 1 amide bonds. The van der Waals surface area contributed by atoms with E-state index in [0.717, 1.165) is 27.4 Å². The summed E-state index contributed by atoms with van der Waals surface area (Å²) in [4.78, 5) is 16.2. The van der Waals surface area contributed by atoms with E-state index < -0.39 is 0 Å². The maximum atomic E-state index is 13.3. The van der Waals surface area contributed by atoms with Crippen LogP contribution in [0.2, 0.25) is 0 Å². The van der Waals surface area contributed by atoms with Gasteiger partial charge in [-0.05, 0) is 53.6 Å². The van der Waals surface area contributed by atoms with Crippen molar-refractivity contribution in [2.45, 2.75) is 33.2 Å². The van der Waals surface area contributed by atoms with E-state index in [1.807, 2.05) is 48.7 Å². The van der Waals surface area contributed by atoms with Crippen molar-refractivity contribution in [2.24, 2.45) is 0 Å². The topological polar surface area (TPSA) is 48.0 Å². The maximum absolute atomic E-state index is 13.3. The molecule has 0 atom stereocenters. The second-order valence-corrected chi connectivity index (χ2v) is 8.90. The monoisotopic (exact) mass is 437 g/mol. The highest BCUT2D eigenvalue weighted by molar-refractivity contribution is 7.09. The second-order valence-electron chi connectivity index (χ2n) is 7.87. The number of anilines is 1. The Kier molecular flexibility index (Phi) is 6.47. The molecule has 1 aliphatic rings. The average molecular weight is 438 g/mol. The lowest BCUT2D eigenvalue weighted by Crippen LogP contribution is -2.34. The van der Waals surface area contributed by atoms with E-state index in [1.54, 1.807) is 16.2 Å². The minimum Gasteiger partial charge on any atom is -0.486 e. The molecule has 3 aromatic rings. The molecule has 1 aromatic heterocycles. The van der Waals surface area contributed by atoms with Crippen molar-refractivity contribution in [1.82, 2.24) is 0 Å². The molecular formula is C25H27NO4S. The maximum Gasteiger partial charge on any atom is 0.265 e. The van der Waals surface area contributed by atoms with Gasteiger partial charge in [0.05, 0.1) is 6.54 Å². The van der Waals surface area contributed by atoms with Crippen molar-refractivity contribution in [3.05, 3.63) is 69.9 Å². The van der Waals surface area contributed by atoms with Gasteiger partial charge in [-0.2, -0.15) is 0 Å². The van der Waals surface area contributed by atoms with Crippen LogP contribution in [0.15, 0.2) is 53.9 Å². The molecule has 1 aliphatic heterocycles. The standard InChI is InChI=1S/C25H27NO4S/c1-17(2)21-8-6-18(3)13-23(21)30-16-25(27)26(15-20-5-4-12-31-20)19-7-9-22-24(14-19)29-11-10-28-22/h4-9,12-14,17H,10-11,15-16H2,1-3H3. The fraction of sp³-hybridized carbons (Fsp3) is 0.320. The number of carbonyl (C=O) groups excluding carboxylic acids is 1. The number of fused-ring (bicyclic) bond motifs is 1. The van der Waals surface area contributed by atoms with Gasteiger partial charge in [-0.15, -0.1) is 11.3 Å². The molecule has 0 unspecified atom stereocenters. The van der Waals surface area contributed by atoms with E-state index in [-0.39, 0.29) is 12.5 Å². The summed E-state index contributed by atoms with van der Waals surface area (Å²) in [7, 11) is 0. The smallest absolute Gasteiger partial charge is 0.265 e. The number of aryl methyl sites for hydroxylation is 1. The second kappa shape index (κ2) is 9.43. The van der Waals surface area contributed by atoms with Gasteiger partial charge in [0.2, 0.25) is 0 Å². The highest BCUT2D eigenvalue weighted by atomic mass is 32.1. The van der Waals surface area contributed by atoms with Crippen molar-refractivity contribution in [2.75, 3.05) is 24.7 Å². The van der Waals surface area contributed by atoms with E-state index in [2.05, 4.69) is 26.0 Å². The number of benzene rings is 2. The van der Waals surface area contributed by atoms with Crippen LogP contribution in [-0.4, -0.2) is 25.7 Å². The zero-order chi connectivity index (χ0) is 21.8. The first-order valence-corrected chi connectivity index (χ1v) is 11.3. The van der Waals surface area contributed by atoms with Gasteiger partial charge in [-0.25, -0.2) is 0 Å². The van der Waals surface area contributed by atoms with Gasteiger partial charge in [0, 0.05) is 16.6 Å². The molecule has 0 spiro atoms. The van der Waals surface area contributed by atoms with Crippen molar-refractivity contribution < 1.29 is 19.0 Å². The Balaban J connectivity index is 1.57. The Morgan fingerprint density at radius 1 is 1.10 bits per heavy atom. The van der Waals surface area contributed by atoms with Gasteiger partial charge in [0.15, 0.2) is 18.1 Å². The highest BCUT2D eigenvalue weighted by Crippen LogP contribution is 2.35. The third-order valence-corrected chi connectivity index (χ3v) is 6.04. The van der Waals surface area contributed by atoms with Crippen LogP contribution in [-0.2, 0) is 11.3 Å². The van der Waals surface area contributed by atoms with Crippen molar-refractivity contribution in [3.63, 3.8) is 0 Å². The summed E-state index contributed by atoms with van der Waals surface area (Å²) in [6.45, 7) is 7.75. The van der Waals surface area contributed by atoms with Crippen LogP contribution in [0, 0.1) is 6.92 Å². The van der Waals surface area contributed by atoms with E-state index in [9.17, 15) is 4.79 Å². The molecule has 0 fully saturated rings. The van der Waals surface area contributed by atoms with Crippen LogP contribution >= 0.6 is 11.3 Å². The molecule has 0 saturated heterocycles. The summed E-state index contributed by atoms with van der Waals surface area (Å²) >= 11 is 1.62. The number of hydrogen-bond acceptors (Lipinski definition) is 5. The highest BCUT2D eigenvalue weighted by Gasteiger charge is 2.21. The normalized spacial score (nSPS) is 12.6. The summed E-state index contributed by atoms with van der Waals surface area (Å²) in [6, 6.07) is 15.8. The number of hydrogen-bond donors (Lipinski definition) is 0. The minimum atomic E-state index is -0.110. The van der Waals surface area contributed by atoms with Crippen molar-refractivity contribution in [1.29, 1.82) is 0 Å². The van der Waals surface area contributed by atoms with Gasteiger partial charge in [-0.3, -0.25) is 4.79 Å². The quantitative estimate of drug-likeness (QED) is 0.485. The van der Waals surface area contributed by atoms with Gasteiger partial charge in [0.25, 0.3) is 5.91 Å². The zero-order valence-corrected chi connectivity index (χ0v) is 18.9. The Bertz CT molecular complexity index is 1050. The summed E-state index contributed by atoms with van der Waals surface area (Å²) in [5, 5.41) is 2.01. The molecule has 0 bridgehead atoms. The fourth-order valence-corrected chi connectivity index (χ4v) is 4.24. The van der Waals surface area contributed by atoms with Gasteiger partial charge in [0.1, 0.15) is 19.0 Å². The minimum absolute atomic E-state index is 0.0387. The molecule has 2 aromatic carbocycles. The van der Waals surface area contributed by atoms with E-state index in [4.69, 9.17) is 14.2 Å². The molecule has 0 radical (unpaired) electrons. The number of thiophene rings is 1. The first kappa shape index (κ1) is 21.2. The van der Waals surface area contributed by atoms with Crippen LogP contribution in [0.5, 0.6) is 17.2 Å². The number of ether oxygens (including phenoxy) is 3. The van der Waals surface area contributed by atoms with Crippen LogP contribution in [0.4, 0.5) is 5.69 Å². The number of amides is 1. The van der Waals surface area contributed by atoms with Crippen LogP contribution in [0.25, 0.3) is 0 Å². The van der Waals surface area contributed by atoms with E-state index in [0.29, 0.717) is 37.2 Å². The molecule has 5 nitrogen and oxygen atoms in total. The largest absolute Gasteiger partial charge is 0.486 e. The van der Waals surface area contributed by atoms with Gasteiger partial charge < -0.3 is 19.1 Å². The Morgan fingerprint density at radius 3 is 2.65 bits per heavy atom. The molecule has 0 aliphatic carbocycles. The summed E-state index contributed by atoms with van der Waals surface area (Å²) in [5.41, 5.74) is 2.97. The third kappa shape index (κ3) is 5.02. The van der Waals surface area contributed by atoms with Gasteiger partial charge >= 0.3 is 0 Å². The Labute approximate surface area is 187 Å². The zero-order valence-electron chi connectivity index (χ0n) is 18.1. The molecule has 4 rings (SSSR count). The SMILES string of the molecule is Cc1ccc(C(C)C)c(OCC(=O)N(Cc2cccs2)c2ccc3c(c2)OCCO3)c1. The van der Waals surface area contributed by atoms with Crippen LogP contribution < -0.4 is 19.1 Å². The molecule has 31 heavy (non-hydrogen) atoms. The van der Waals surface area contributed by atoms with Gasteiger partial charge in [-0.1, -0.05) is 32.0 Å². The molecule has 0 N–H and O–H groups in total. The number of rotatable bonds is 7. The van der Waals surface area contributed by atoms with Crippen LogP contribution in [0.1, 0.15) is 35.8 Å². The fourth-order valence-electron chi connectivity index (χ4n) is 3.54. The predicted molar refractivity (Wildman–Crippen MR) is 124 cm³/mol. The lowest BCUT2D eigenvalue weighted by Gasteiger charge is -2.25. The lowest BCUT2D eigenvalue weighted by molar-refractivity contribution is -0.120. The predicted octanol–water partition coefficient (Wildman–Crippen LogP) is 5.56. The van der Waals surface area contributed by atoms with Crippen molar-refractivity contribution >= 4 is 22.9 Å². The summed E-state index contributed by atoms with van der Waals surface area (Å²) < 4.78 is 17.4. The molecule has 2 heterocycles. The van der Waals surface area contributed by atoms with E-state index in [1.165, 1.54) is 0 Å². The third-order valence-electron chi connectivity index (χ3n) is 5.17. The van der Waals surface area contributed by atoms with Crippen molar-refractivity contribution in [3.8, 4) is 17.2 Å². The summed E-state index contributed by atoms with van der Waals surface area (Å²) in [5.74, 6) is 2.33. The average Bonchev–Trinajstić information content (AvgIpc) is 3.28. The van der Waals surface area contributed by atoms with E-state index >= 15 is 0 Å². The summed E-state index contributed by atoms with van der Waals surface area (Å²) in [6.07, 6.45) is 0. The first-order chi connectivity index (χ1) is 15.0. The Hall–Kier alpha value is -2.99. The molecule has 0 saturated carbocycles. The van der Waals surface area contributed by atoms with Crippen LogP contribution in [0.3, 0.4) is 0 Å². The first-order valence-electron chi connectivity index (χ1n) is 10.5. The number of carbonyl (C=O) groups is 1. The lowest BCUT2D eigenvalue weighted by atomic mass is 10.0. The molecule has 6 heteroatoms.